The van der Waals surface area contributed by atoms with E-state index in [0.717, 1.165) is 65.3 Å². The molecule has 8 nitrogen and oxygen atoms in total. The predicted octanol–water partition coefficient (Wildman–Crippen LogP) is 25.9. The summed E-state index contributed by atoms with van der Waals surface area (Å²) in [6, 6.07) is 159. The van der Waals surface area contributed by atoms with Crippen molar-refractivity contribution < 1.29 is 111 Å². The Morgan fingerprint density at radius 3 is 0.504 bits per heavy atom. The summed E-state index contributed by atoms with van der Waals surface area (Å²) in [5.41, 5.74) is 8.99. The third-order valence-corrected chi connectivity index (χ3v) is 35.2. The predicted molar refractivity (Wildman–Crippen MR) is 585 cm³/mol. The summed E-state index contributed by atoms with van der Waals surface area (Å²) in [5.74, 6) is 0.207. The largest absolute Gasteiger partial charge is 0.507 e. The minimum atomic E-state index is -0.860. The number of benzene rings is 20. The van der Waals surface area contributed by atoms with Crippen molar-refractivity contribution in [3.8, 4) is 45.3 Å². The molecule has 0 amide bonds. The molecule has 0 aliphatic heterocycles. The molecule has 20 aromatic carbocycles. The van der Waals surface area contributed by atoms with E-state index in [2.05, 4.69) is 367 Å². The third-order valence-electron chi connectivity index (χ3n) is 25.1. The van der Waals surface area contributed by atoms with Crippen LogP contribution in [-0.4, -0.2) is 45.3 Å². The van der Waals surface area contributed by atoms with Crippen LogP contribution < -0.4 is 63.7 Å². The average molecular weight is 2160 g/mol. The van der Waals surface area contributed by atoms with Crippen molar-refractivity contribution >= 4 is 163 Å². The number of hydrogen-bond donors (Lipinski definition) is 4. The Balaban J connectivity index is 0.000000217. The first-order valence-corrected chi connectivity index (χ1v) is 51.3. The van der Waals surface area contributed by atoms with Crippen molar-refractivity contribution in [3.05, 3.63) is 506 Å². The summed E-state index contributed by atoms with van der Waals surface area (Å²) in [4.78, 5) is 20.7. The zero-order valence-corrected chi connectivity index (χ0v) is 90.5. The minimum absolute atomic E-state index is 0. The first-order valence-electron chi connectivity index (χ1n) is 46.0. The van der Waals surface area contributed by atoms with E-state index in [9.17, 15) is 20.4 Å². The number of nitrogens with zero attached hydrogens (tertiary/aromatic N) is 4. The SMILES string of the molecule is C[C@H](N=Cc1cc2ccccc2c(-c2c(O)c(C=N[C@@H](C)c3ccccc3P(c3ccccc3)c3ccccc3)cc3ccccc23)c1O)c1ccccc1P(c1ccccc1)c1ccccc1.C[C@H](N=Cc1cc2ccccc2c(-c2c(O)c(C=N[C@@H](C)c3ccccc3P(c3ccccc3)c3ccccc3)cc3ccccc23)c1O)c1ccccc1P(c1ccccc1)c1ccccc1.[Cu].[Cu].[Cu].[Zn].[Zn]. The zero-order chi connectivity index (χ0) is 92.8. The van der Waals surface area contributed by atoms with E-state index in [1.165, 1.54) is 63.7 Å². The first-order chi connectivity index (χ1) is 66.9. The summed E-state index contributed by atoms with van der Waals surface area (Å²) < 4.78 is 0. The molecule has 0 heterocycles. The Bertz CT molecular complexity index is 6710. The van der Waals surface area contributed by atoms with Gasteiger partial charge in [0, 0.05) is 160 Å². The molecule has 0 fully saturated rings. The molecule has 0 bridgehead atoms. The molecule has 0 saturated heterocycles. The fourth-order valence-corrected chi connectivity index (χ4v) is 28.6. The first kappa shape index (κ1) is 105. The number of aliphatic imine (C=N–C) groups is 4. The van der Waals surface area contributed by atoms with Gasteiger partial charge in [-0.3, -0.25) is 20.0 Å². The van der Waals surface area contributed by atoms with Crippen LogP contribution in [0.2, 0.25) is 0 Å². The van der Waals surface area contributed by atoms with Gasteiger partial charge >= 0.3 is 0 Å². The molecule has 4 N–H and O–H groups in total. The van der Waals surface area contributed by atoms with E-state index in [1.807, 2.05) is 121 Å². The van der Waals surface area contributed by atoms with Gasteiger partial charge in [0.15, 0.2) is 0 Å². The van der Waals surface area contributed by atoms with Gasteiger partial charge in [-0.1, -0.05) is 437 Å². The number of phenolic OH excluding ortho intramolecular Hbond substituents is 4. The maximum atomic E-state index is 12.5. The summed E-state index contributed by atoms with van der Waals surface area (Å²) >= 11 is 0. The van der Waals surface area contributed by atoms with Crippen LogP contribution in [0.5, 0.6) is 23.0 Å². The van der Waals surface area contributed by atoms with Crippen molar-refractivity contribution in [2.45, 2.75) is 51.9 Å². The van der Waals surface area contributed by atoms with E-state index in [0.29, 0.717) is 44.5 Å². The second kappa shape index (κ2) is 49.5. The molecule has 20 rings (SSSR count). The summed E-state index contributed by atoms with van der Waals surface area (Å²) in [7, 11) is -3.44. The molecular formula is C124H100Cu3N4O4P4Zn2. The molecule has 0 aliphatic carbocycles. The van der Waals surface area contributed by atoms with Crippen LogP contribution in [0.3, 0.4) is 0 Å². The van der Waals surface area contributed by atoms with Crippen molar-refractivity contribution in [2.24, 2.45) is 20.0 Å². The number of phenols is 4. The van der Waals surface area contributed by atoms with Crippen molar-refractivity contribution in [1.82, 2.24) is 0 Å². The second-order valence-electron chi connectivity index (χ2n) is 33.7. The second-order valence-corrected chi connectivity index (χ2v) is 42.5. The molecule has 697 valence electrons. The normalized spacial score (nSPS) is 12.3. The smallest absolute Gasteiger partial charge is 0.132 e. The third kappa shape index (κ3) is 23.1. The summed E-state index contributed by atoms with van der Waals surface area (Å²) in [5, 5.41) is 72.3. The van der Waals surface area contributed by atoms with Gasteiger partial charge < -0.3 is 20.4 Å². The van der Waals surface area contributed by atoms with Gasteiger partial charge in [-0.05, 0) is 213 Å². The van der Waals surface area contributed by atoms with Gasteiger partial charge in [0.2, 0.25) is 0 Å². The van der Waals surface area contributed by atoms with Crippen LogP contribution >= 0.6 is 31.7 Å². The van der Waals surface area contributed by atoms with E-state index < -0.39 is 31.7 Å². The van der Waals surface area contributed by atoms with Gasteiger partial charge in [-0.25, -0.2) is 0 Å². The number of hydrogen-bond acceptors (Lipinski definition) is 8. The van der Waals surface area contributed by atoms with Crippen molar-refractivity contribution in [3.63, 3.8) is 0 Å². The van der Waals surface area contributed by atoms with Crippen molar-refractivity contribution in [1.29, 1.82) is 0 Å². The molecule has 3 radical (unpaired) electrons. The molecule has 0 aromatic heterocycles. The van der Waals surface area contributed by atoms with E-state index in [1.54, 1.807) is 24.9 Å². The Morgan fingerprint density at radius 1 is 0.191 bits per heavy atom. The zero-order valence-electron chi connectivity index (χ0n) is 78.2. The molecule has 0 saturated carbocycles. The number of fused-ring (bicyclic) bond motifs is 4. The van der Waals surface area contributed by atoms with Gasteiger partial charge in [0.25, 0.3) is 0 Å². The Labute approximate surface area is 888 Å². The summed E-state index contributed by atoms with van der Waals surface area (Å²) in [6.07, 6.45) is 7.18. The maximum absolute atomic E-state index is 12.5. The fourth-order valence-electron chi connectivity index (χ4n) is 18.4. The monoisotopic (exact) mass is 2150 g/mol. The quantitative estimate of drug-likeness (QED) is 0.0244. The van der Waals surface area contributed by atoms with Crippen LogP contribution in [0.15, 0.2) is 481 Å². The number of aromatic hydroxyl groups is 4. The van der Waals surface area contributed by atoms with Gasteiger partial charge in [0.05, 0.1) is 24.2 Å². The topological polar surface area (TPSA) is 130 Å². The van der Waals surface area contributed by atoms with E-state index in [-0.39, 0.29) is 137 Å². The van der Waals surface area contributed by atoms with Crippen LogP contribution in [0, 0.1) is 0 Å². The Hall–Kier alpha value is -12.2. The number of rotatable bonds is 26. The van der Waals surface area contributed by atoms with E-state index >= 15 is 0 Å². The molecule has 17 heteroatoms. The molecular weight excluding hydrogens is 2050 g/mol. The molecule has 4 atom stereocenters. The van der Waals surface area contributed by atoms with Crippen LogP contribution in [0.1, 0.15) is 96.4 Å². The molecule has 20 aromatic rings. The molecule has 141 heavy (non-hydrogen) atoms. The molecule has 0 aliphatic rings. The van der Waals surface area contributed by atoms with E-state index in [4.69, 9.17) is 20.0 Å². The van der Waals surface area contributed by atoms with Gasteiger partial charge in [-0.2, -0.15) is 0 Å². The Kier molecular flexibility index (Phi) is 36.7. The van der Waals surface area contributed by atoms with Gasteiger partial charge in [-0.15, -0.1) is 0 Å². The molecule has 0 spiro atoms. The fraction of sp³-hybridized carbons (Fsp3) is 0.0645. The average Bonchev–Trinajstić information content (AvgIpc) is 0.742. The summed E-state index contributed by atoms with van der Waals surface area (Å²) in [6.45, 7) is 8.46. The Morgan fingerprint density at radius 2 is 0.333 bits per heavy atom. The van der Waals surface area contributed by atoms with Crippen LogP contribution in [0.25, 0.3) is 65.3 Å². The molecule has 0 unspecified atom stereocenters. The standard InChI is InChI=1S/2C62H50N2O2P2.3Cu.2Zn/c2*1-43(53-33-19-21-37-57(53)67(49-25-7-3-8-26-49)50-27-9-4-10-28-50)63-41-47-39-45-23-15-17-35-55(45)59(61(47)65)60-56-36-18-16-24-46(56)40-48(62(60)66)42-64-44(2)54-34-20-22-38-58(54)68(51-29-11-5-12-30-51)52-31-13-6-14-32-52;;;;;/h2*3-44,65-66H,1-2H3;;;;;/t2*43-,44-;;;;;/m00...../s1. The van der Waals surface area contributed by atoms with Crippen LogP contribution in [-0.2, 0) is 90.2 Å². The minimum Gasteiger partial charge on any atom is -0.507 e. The maximum Gasteiger partial charge on any atom is 0.132 e. The van der Waals surface area contributed by atoms with Crippen LogP contribution in [0.4, 0.5) is 0 Å². The van der Waals surface area contributed by atoms with Gasteiger partial charge in [0.1, 0.15) is 23.0 Å². The van der Waals surface area contributed by atoms with Crippen molar-refractivity contribution in [2.75, 3.05) is 0 Å².